The molecule has 0 bridgehead atoms. The third-order valence-corrected chi connectivity index (χ3v) is 2.25. The van der Waals surface area contributed by atoms with Crippen LogP contribution in [-0.4, -0.2) is 40.6 Å². The minimum atomic E-state index is -0.855. The van der Waals surface area contributed by atoms with Gasteiger partial charge in [-0.05, 0) is 12.3 Å². The van der Waals surface area contributed by atoms with Crippen LogP contribution >= 0.6 is 0 Å². The van der Waals surface area contributed by atoms with Crippen LogP contribution < -0.4 is 5.32 Å². The van der Waals surface area contributed by atoms with Crippen molar-refractivity contribution in [2.45, 2.75) is 25.6 Å². The normalized spacial score (nSPS) is 35.8. The van der Waals surface area contributed by atoms with Crippen LogP contribution in [-0.2, 0) is 4.79 Å². The predicted molar refractivity (Wildman–Crippen MR) is 41.7 cm³/mol. The molecule has 70 valence electrons. The maximum absolute atomic E-state index is 10.6. The van der Waals surface area contributed by atoms with E-state index in [0.29, 0.717) is 6.42 Å². The first kappa shape index (κ1) is 9.44. The summed E-state index contributed by atoms with van der Waals surface area (Å²) in [6.45, 7) is 1.86. The molecule has 5 nitrogen and oxygen atoms in total. The van der Waals surface area contributed by atoms with E-state index in [1.807, 2.05) is 6.92 Å². The van der Waals surface area contributed by atoms with E-state index in [1.54, 1.807) is 0 Å². The molecule has 0 amide bonds. The highest BCUT2D eigenvalue weighted by Gasteiger charge is 2.36. The monoisotopic (exact) mass is 174 g/mol. The lowest BCUT2D eigenvalue weighted by molar-refractivity contribution is -0.141. The third kappa shape index (κ3) is 1.74. The number of carboxylic acids is 1. The highest BCUT2D eigenvalue weighted by atomic mass is 16.5. The first-order valence-electron chi connectivity index (χ1n) is 3.93. The van der Waals surface area contributed by atoms with E-state index in [0.717, 1.165) is 5.06 Å². The molecule has 0 aromatic heterocycles. The number of nitrogens with one attached hydrogen (secondary N) is 1. The molecule has 0 unspecified atom stereocenters. The van der Waals surface area contributed by atoms with Gasteiger partial charge in [0.25, 0.3) is 0 Å². The summed E-state index contributed by atoms with van der Waals surface area (Å²) in [7, 11) is 1.51. The van der Waals surface area contributed by atoms with Crippen LogP contribution in [0.3, 0.4) is 0 Å². The van der Waals surface area contributed by atoms with Crippen LogP contribution in [0.15, 0.2) is 0 Å². The summed E-state index contributed by atoms with van der Waals surface area (Å²) in [4.78, 5) is 10.6. The second-order valence-corrected chi connectivity index (χ2v) is 3.29. The number of hydrogen-bond acceptors (Lipinski definition) is 4. The topological polar surface area (TPSA) is 72.8 Å². The molecule has 1 aliphatic rings. The summed E-state index contributed by atoms with van der Waals surface area (Å²) in [5.74, 6) is -0.797. The molecule has 0 radical (unpaired) electrons. The molecule has 5 heteroatoms. The van der Waals surface area contributed by atoms with Gasteiger partial charge in [-0.25, -0.2) is 0 Å². The Kier molecular flexibility index (Phi) is 2.66. The average molecular weight is 174 g/mol. The van der Waals surface area contributed by atoms with Gasteiger partial charge in [0.1, 0.15) is 6.04 Å². The van der Waals surface area contributed by atoms with Gasteiger partial charge in [0.15, 0.2) is 0 Å². The van der Waals surface area contributed by atoms with E-state index >= 15 is 0 Å². The van der Waals surface area contributed by atoms with Crippen molar-refractivity contribution < 1.29 is 15.1 Å². The lowest BCUT2D eigenvalue weighted by Crippen LogP contribution is -2.43. The second-order valence-electron chi connectivity index (χ2n) is 3.29. The van der Waals surface area contributed by atoms with Crippen LogP contribution in [0.5, 0.6) is 0 Å². The molecule has 3 N–H and O–H groups in total. The van der Waals surface area contributed by atoms with Crippen LogP contribution in [0, 0.1) is 5.92 Å². The third-order valence-electron chi connectivity index (χ3n) is 2.25. The Hall–Kier alpha value is -0.650. The molecular formula is C7H14N2O3. The zero-order chi connectivity index (χ0) is 9.30. The van der Waals surface area contributed by atoms with Crippen molar-refractivity contribution in [1.29, 1.82) is 0 Å². The molecular weight excluding hydrogens is 160 g/mol. The molecule has 1 saturated heterocycles. The lowest BCUT2D eigenvalue weighted by atomic mass is 10.0. The second kappa shape index (κ2) is 3.38. The summed E-state index contributed by atoms with van der Waals surface area (Å²) in [5.41, 5.74) is 0. The van der Waals surface area contributed by atoms with Gasteiger partial charge in [-0.3, -0.25) is 10.1 Å². The predicted octanol–water partition coefficient (Wildman–Crippen LogP) is -0.284. The van der Waals surface area contributed by atoms with Crippen molar-refractivity contribution in [1.82, 2.24) is 10.4 Å². The van der Waals surface area contributed by atoms with Crippen LogP contribution in [0.25, 0.3) is 0 Å². The van der Waals surface area contributed by atoms with Crippen molar-refractivity contribution in [3.05, 3.63) is 0 Å². The highest BCUT2D eigenvalue weighted by Crippen LogP contribution is 2.20. The molecule has 1 heterocycles. The van der Waals surface area contributed by atoms with Gasteiger partial charge in [0.05, 0.1) is 6.17 Å². The molecule has 1 rings (SSSR count). The van der Waals surface area contributed by atoms with Crippen molar-refractivity contribution in [3.8, 4) is 0 Å². The number of hydrogen-bond donors (Lipinski definition) is 3. The minimum absolute atomic E-state index is 0.0575. The van der Waals surface area contributed by atoms with Crippen molar-refractivity contribution in [3.63, 3.8) is 0 Å². The van der Waals surface area contributed by atoms with E-state index in [-0.39, 0.29) is 12.1 Å². The van der Waals surface area contributed by atoms with Gasteiger partial charge in [0.2, 0.25) is 0 Å². The first-order chi connectivity index (χ1) is 5.52. The minimum Gasteiger partial charge on any atom is -0.480 e. The quantitative estimate of drug-likeness (QED) is 0.502. The van der Waals surface area contributed by atoms with Gasteiger partial charge in [-0.2, -0.15) is 5.06 Å². The van der Waals surface area contributed by atoms with E-state index in [2.05, 4.69) is 5.32 Å². The van der Waals surface area contributed by atoms with E-state index in [4.69, 9.17) is 10.3 Å². The number of aliphatic carboxylic acids is 1. The Morgan fingerprint density at radius 1 is 1.67 bits per heavy atom. The van der Waals surface area contributed by atoms with Gasteiger partial charge in [-0.15, -0.1) is 0 Å². The van der Waals surface area contributed by atoms with Crippen molar-refractivity contribution >= 4 is 5.97 Å². The van der Waals surface area contributed by atoms with Crippen LogP contribution in [0.2, 0.25) is 0 Å². The van der Waals surface area contributed by atoms with Crippen molar-refractivity contribution in [2.24, 2.45) is 5.92 Å². The summed E-state index contributed by atoms with van der Waals surface area (Å²) in [6.07, 6.45) is 0.422. The number of carbonyl (C=O) groups is 1. The van der Waals surface area contributed by atoms with E-state index in [9.17, 15) is 4.79 Å². The fourth-order valence-electron chi connectivity index (χ4n) is 1.50. The van der Waals surface area contributed by atoms with E-state index in [1.165, 1.54) is 7.05 Å². The Balaban J connectivity index is 2.56. The molecule has 0 saturated carbocycles. The van der Waals surface area contributed by atoms with Gasteiger partial charge < -0.3 is 10.3 Å². The molecule has 0 aromatic rings. The Morgan fingerprint density at radius 2 is 2.25 bits per heavy atom. The number of hydroxylamine groups is 2. The summed E-state index contributed by atoms with van der Waals surface area (Å²) < 4.78 is 0. The summed E-state index contributed by atoms with van der Waals surface area (Å²) >= 11 is 0. The maximum atomic E-state index is 10.6. The summed E-state index contributed by atoms with van der Waals surface area (Å²) in [6, 6.07) is -0.537. The molecule has 1 aliphatic heterocycles. The summed E-state index contributed by atoms with van der Waals surface area (Å²) in [5, 5.41) is 21.6. The average Bonchev–Trinajstić information content (AvgIpc) is 2.30. The van der Waals surface area contributed by atoms with Crippen molar-refractivity contribution in [2.75, 3.05) is 7.05 Å². The van der Waals surface area contributed by atoms with Crippen LogP contribution in [0.4, 0.5) is 0 Å². The standard InChI is InChI=1S/C7H14N2O3/c1-4-3-5(9(2)12)8-6(4)7(10)11/h4-6,8,12H,3H2,1-2H3,(H,10,11)/t4-,5-,6+/m0/s1. The number of nitrogens with zero attached hydrogens (tertiary/aromatic N) is 1. The largest absolute Gasteiger partial charge is 0.480 e. The zero-order valence-electron chi connectivity index (χ0n) is 7.19. The smallest absolute Gasteiger partial charge is 0.321 e. The van der Waals surface area contributed by atoms with Gasteiger partial charge >= 0.3 is 5.97 Å². The fraction of sp³-hybridized carbons (Fsp3) is 0.857. The highest BCUT2D eigenvalue weighted by molar-refractivity contribution is 5.74. The molecule has 0 spiro atoms. The molecule has 0 aliphatic carbocycles. The Morgan fingerprint density at radius 3 is 2.50 bits per heavy atom. The first-order valence-corrected chi connectivity index (χ1v) is 3.93. The molecule has 3 atom stereocenters. The van der Waals surface area contributed by atoms with Gasteiger partial charge in [0, 0.05) is 7.05 Å². The number of carboxylic acid groups (broad SMARTS) is 1. The SMILES string of the molecule is C[C@H]1C[C@H](N(C)O)N[C@H]1C(=O)O. The Bertz CT molecular complexity index is 183. The lowest BCUT2D eigenvalue weighted by Gasteiger charge is -2.17. The fourth-order valence-corrected chi connectivity index (χ4v) is 1.50. The van der Waals surface area contributed by atoms with Gasteiger partial charge in [-0.1, -0.05) is 6.92 Å². The zero-order valence-corrected chi connectivity index (χ0v) is 7.19. The number of rotatable bonds is 2. The molecule has 1 fully saturated rings. The molecule has 0 aromatic carbocycles. The maximum Gasteiger partial charge on any atom is 0.321 e. The molecule has 12 heavy (non-hydrogen) atoms. The van der Waals surface area contributed by atoms with E-state index < -0.39 is 12.0 Å². The van der Waals surface area contributed by atoms with Crippen LogP contribution in [0.1, 0.15) is 13.3 Å². The Labute approximate surface area is 70.9 Å².